The molecule has 1 aliphatic rings. The predicted octanol–water partition coefficient (Wildman–Crippen LogP) is 3.04. The Balaban J connectivity index is 2.27. The van der Waals surface area contributed by atoms with Crippen molar-refractivity contribution in [1.29, 1.82) is 0 Å². The van der Waals surface area contributed by atoms with E-state index in [2.05, 4.69) is 5.32 Å². The van der Waals surface area contributed by atoms with Crippen LogP contribution in [0.5, 0.6) is 0 Å². The minimum atomic E-state index is -0.450. The van der Waals surface area contributed by atoms with Crippen molar-refractivity contribution >= 4 is 17.3 Å². The van der Waals surface area contributed by atoms with E-state index < -0.39 is 4.92 Å². The van der Waals surface area contributed by atoms with Gasteiger partial charge in [0.05, 0.1) is 4.92 Å². The highest BCUT2D eigenvalue weighted by atomic mass is 16.6. The molecular weight excluding hydrogens is 270 g/mol. The minimum Gasteiger partial charge on any atom is -0.383 e. The summed E-state index contributed by atoms with van der Waals surface area (Å²) in [7, 11) is 1.62. The number of nitro benzene ring substituents is 1. The first-order valence-electron chi connectivity index (χ1n) is 7.35. The van der Waals surface area contributed by atoms with Gasteiger partial charge in [0.15, 0.2) is 0 Å². The predicted molar refractivity (Wildman–Crippen MR) is 81.6 cm³/mol. The number of anilines is 1. The van der Waals surface area contributed by atoms with Crippen LogP contribution in [0.25, 0.3) is 0 Å². The zero-order chi connectivity index (χ0) is 15.4. The van der Waals surface area contributed by atoms with E-state index in [0.717, 1.165) is 25.7 Å². The number of hydrogen-bond donors (Lipinski definition) is 1. The monoisotopic (exact) mass is 291 g/mol. The molecule has 0 bridgehead atoms. The Morgan fingerprint density at radius 3 is 2.62 bits per heavy atom. The second kappa shape index (κ2) is 6.56. The van der Waals surface area contributed by atoms with Gasteiger partial charge >= 0.3 is 0 Å². The van der Waals surface area contributed by atoms with Crippen LogP contribution in [-0.4, -0.2) is 35.4 Å². The summed E-state index contributed by atoms with van der Waals surface area (Å²) in [5.74, 6) is -0.0456. The maximum Gasteiger partial charge on any atom is 0.292 e. The maximum atomic E-state index is 12.6. The van der Waals surface area contributed by atoms with Crippen LogP contribution in [0, 0.1) is 10.1 Å². The van der Waals surface area contributed by atoms with Crippen LogP contribution < -0.4 is 5.32 Å². The van der Waals surface area contributed by atoms with E-state index in [1.807, 2.05) is 11.8 Å². The van der Waals surface area contributed by atoms with Crippen LogP contribution in [0.15, 0.2) is 18.2 Å². The lowest BCUT2D eigenvalue weighted by Crippen LogP contribution is -2.38. The highest BCUT2D eigenvalue weighted by molar-refractivity contribution is 5.96. The topological polar surface area (TPSA) is 75.5 Å². The summed E-state index contributed by atoms with van der Waals surface area (Å²) >= 11 is 0. The Morgan fingerprint density at radius 2 is 2.10 bits per heavy atom. The smallest absolute Gasteiger partial charge is 0.292 e. The van der Waals surface area contributed by atoms with Gasteiger partial charge in [-0.3, -0.25) is 14.9 Å². The lowest BCUT2D eigenvalue weighted by molar-refractivity contribution is -0.383. The van der Waals surface area contributed by atoms with Gasteiger partial charge in [0.25, 0.3) is 11.6 Å². The van der Waals surface area contributed by atoms with Crippen LogP contribution in [0.4, 0.5) is 11.4 Å². The molecule has 1 aromatic rings. The Bertz CT molecular complexity index is 539. The van der Waals surface area contributed by atoms with E-state index in [9.17, 15) is 14.9 Å². The van der Waals surface area contributed by atoms with Gasteiger partial charge < -0.3 is 10.2 Å². The maximum absolute atomic E-state index is 12.6. The summed E-state index contributed by atoms with van der Waals surface area (Å²) in [4.78, 5) is 25.0. The van der Waals surface area contributed by atoms with Crippen molar-refractivity contribution in [2.24, 2.45) is 0 Å². The Morgan fingerprint density at radius 1 is 1.43 bits per heavy atom. The number of nitro groups is 1. The average molecular weight is 291 g/mol. The molecule has 1 saturated carbocycles. The molecule has 6 nitrogen and oxygen atoms in total. The molecule has 1 aliphatic carbocycles. The number of benzene rings is 1. The van der Waals surface area contributed by atoms with Gasteiger partial charge in [0.2, 0.25) is 0 Å². The fraction of sp³-hybridized carbons (Fsp3) is 0.533. The summed E-state index contributed by atoms with van der Waals surface area (Å²) in [6.45, 7) is 2.63. The number of nitrogens with zero attached hydrogens (tertiary/aromatic N) is 2. The first-order chi connectivity index (χ1) is 10.1. The lowest BCUT2D eigenvalue weighted by Gasteiger charge is -2.27. The second-order valence-electron chi connectivity index (χ2n) is 5.27. The van der Waals surface area contributed by atoms with Gasteiger partial charge in [-0.2, -0.15) is 0 Å². The molecule has 21 heavy (non-hydrogen) atoms. The molecule has 1 amide bonds. The SMILES string of the molecule is CCN(C(=O)c1ccc([N+](=O)[O-])c(NC)c1)C1CCCC1. The third-order valence-corrected chi connectivity index (χ3v) is 4.08. The van der Waals surface area contributed by atoms with E-state index in [1.165, 1.54) is 6.07 Å². The lowest BCUT2D eigenvalue weighted by atomic mass is 10.1. The molecule has 0 aliphatic heterocycles. The quantitative estimate of drug-likeness (QED) is 0.668. The van der Waals surface area contributed by atoms with Crippen LogP contribution >= 0.6 is 0 Å². The van der Waals surface area contributed by atoms with Crippen molar-refractivity contribution in [2.45, 2.75) is 38.6 Å². The van der Waals surface area contributed by atoms with E-state index in [0.29, 0.717) is 23.8 Å². The number of amides is 1. The molecule has 0 unspecified atom stereocenters. The largest absolute Gasteiger partial charge is 0.383 e. The molecule has 6 heteroatoms. The number of carbonyl (C=O) groups is 1. The fourth-order valence-corrected chi connectivity index (χ4v) is 2.98. The fourth-order valence-electron chi connectivity index (χ4n) is 2.98. The summed E-state index contributed by atoms with van der Waals surface area (Å²) in [6, 6.07) is 4.80. The zero-order valence-electron chi connectivity index (χ0n) is 12.5. The Labute approximate surface area is 124 Å². The number of hydrogen-bond acceptors (Lipinski definition) is 4. The van der Waals surface area contributed by atoms with Crippen molar-refractivity contribution in [1.82, 2.24) is 4.90 Å². The van der Waals surface area contributed by atoms with E-state index in [4.69, 9.17) is 0 Å². The summed E-state index contributed by atoms with van der Waals surface area (Å²) < 4.78 is 0. The van der Waals surface area contributed by atoms with Crippen molar-refractivity contribution in [3.63, 3.8) is 0 Å². The van der Waals surface area contributed by atoms with Gasteiger partial charge in [-0.1, -0.05) is 12.8 Å². The standard InChI is InChI=1S/C15H21N3O3/c1-3-17(12-6-4-5-7-12)15(19)11-8-9-14(18(20)21)13(10-11)16-2/h8-10,12,16H,3-7H2,1-2H3. The van der Waals surface area contributed by atoms with Gasteiger partial charge in [0, 0.05) is 31.3 Å². The van der Waals surface area contributed by atoms with E-state index >= 15 is 0 Å². The molecule has 0 heterocycles. The summed E-state index contributed by atoms with van der Waals surface area (Å²) in [6.07, 6.45) is 4.42. The highest BCUT2D eigenvalue weighted by Crippen LogP contribution is 2.28. The van der Waals surface area contributed by atoms with Crippen molar-refractivity contribution in [2.75, 3.05) is 18.9 Å². The Kier molecular flexibility index (Phi) is 4.77. The minimum absolute atomic E-state index is 0.0158. The molecule has 0 saturated heterocycles. The Hall–Kier alpha value is -2.11. The van der Waals surface area contributed by atoms with Crippen molar-refractivity contribution in [3.05, 3.63) is 33.9 Å². The third kappa shape index (κ3) is 3.15. The zero-order valence-corrected chi connectivity index (χ0v) is 12.5. The number of carbonyl (C=O) groups excluding carboxylic acids is 1. The molecule has 1 N–H and O–H groups in total. The molecular formula is C15H21N3O3. The third-order valence-electron chi connectivity index (χ3n) is 4.08. The number of rotatable bonds is 5. The first kappa shape index (κ1) is 15.3. The van der Waals surface area contributed by atoms with Gasteiger partial charge in [-0.15, -0.1) is 0 Å². The molecule has 0 atom stereocenters. The van der Waals surface area contributed by atoms with Gasteiger partial charge in [0.1, 0.15) is 5.69 Å². The normalized spacial score (nSPS) is 15.0. The van der Waals surface area contributed by atoms with Crippen LogP contribution in [0.2, 0.25) is 0 Å². The van der Waals surface area contributed by atoms with E-state index in [1.54, 1.807) is 19.2 Å². The second-order valence-corrected chi connectivity index (χ2v) is 5.27. The van der Waals surface area contributed by atoms with E-state index in [-0.39, 0.29) is 11.6 Å². The first-order valence-corrected chi connectivity index (χ1v) is 7.35. The molecule has 0 spiro atoms. The van der Waals surface area contributed by atoms with Crippen molar-refractivity contribution in [3.8, 4) is 0 Å². The van der Waals surface area contributed by atoms with Crippen molar-refractivity contribution < 1.29 is 9.72 Å². The molecule has 2 rings (SSSR count). The van der Waals surface area contributed by atoms with Gasteiger partial charge in [-0.25, -0.2) is 0 Å². The molecule has 1 fully saturated rings. The molecule has 114 valence electrons. The van der Waals surface area contributed by atoms with Crippen LogP contribution in [-0.2, 0) is 0 Å². The highest BCUT2D eigenvalue weighted by Gasteiger charge is 2.27. The summed E-state index contributed by atoms with van der Waals surface area (Å²) in [5.41, 5.74) is 0.852. The number of nitrogens with one attached hydrogen (secondary N) is 1. The average Bonchev–Trinajstić information content (AvgIpc) is 3.01. The molecule has 1 aromatic carbocycles. The van der Waals surface area contributed by atoms with Crippen LogP contribution in [0.3, 0.4) is 0 Å². The van der Waals surface area contributed by atoms with Gasteiger partial charge in [-0.05, 0) is 31.9 Å². The molecule has 0 aromatic heterocycles. The molecule has 0 radical (unpaired) electrons. The summed E-state index contributed by atoms with van der Waals surface area (Å²) in [5, 5.41) is 13.7. The van der Waals surface area contributed by atoms with Crippen LogP contribution in [0.1, 0.15) is 43.0 Å².